The number of amides is 1. The highest BCUT2D eigenvalue weighted by Crippen LogP contribution is 2.19. The highest BCUT2D eigenvalue weighted by molar-refractivity contribution is 6.34. The van der Waals surface area contributed by atoms with Crippen LogP contribution in [0.5, 0.6) is 0 Å². The normalized spacial score (nSPS) is 13.2. The third-order valence-electron chi connectivity index (χ3n) is 2.91. The van der Waals surface area contributed by atoms with Gasteiger partial charge in [0.15, 0.2) is 0 Å². The second-order valence-electron chi connectivity index (χ2n) is 4.95. The Kier molecular flexibility index (Phi) is 8.52. The summed E-state index contributed by atoms with van der Waals surface area (Å²) >= 11 is 11.8. The van der Waals surface area contributed by atoms with Crippen LogP contribution in [0.1, 0.15) is 32.3 Å². The molecule has 1 atom stereocenters. The van der Waals surface area contributed by atoms with Crippen LogP contribution in [0.2, 0.25) is 10.0 Å². The summed E-state index contributed by atoms with van der Waals surface area (Å²) in [5.74, 6) is -0.123. The van der Waals surface area contributed by atoms with Crippen molar-refractivity contribution < 1.29 is 4.79 Å². The fraction of sp³-hybridized carbons (Fsp3) is 0.500. The quantitative estimate of drug-likeness (QED) is 0.832. The SMILES string of the molecule is CCCC(C)(N)C(=O)NCCc1cc(Cl)cc(Cl)c1.Cl. The number of hydrogen-bond donors (Lipinski definition) is 2. The van der Waals surface area contributed by atoms with Gasteiger partial charge in [0.1, 0.15) is 0 Å². The predicted octanol–water partition coefficient (Wildman–Crippen LogP) is 3.59. The molecule has 0 aromatic heterocycles. The fourth-order valence-corrected chi connectivity index (χ4v) is 2.48. The zero-order valence-electron chi connectivity index (χ0n) is 11.7. The Morgan fingerprint density at radius 3 is 2.35 bits per heavy atom. The van der Waals surface area contributed by atoms with Gasteiger partial charge in [-0.25, -0.2) is 0 Å². The molecular weight excluding hydrogens is 319 g/mol. The average Bonchev–Trinajstić information content (AvgIpc) is 2.27. The van der Waals surface area contributed by atoms with E-state index in [1.807, 2.05) is 19.1 Å². The van der Waals surface area contributed by atoms with Crippen molar-refractivity contribution in [1.82, 2.24) is 5.32 Å². The number of carbonyl (C=O) groups excluding carboxylic acids is 1. The summed E-state index contributed by atoms with van der Waals surface area (Å²) in [6.45, 7) is 4.28. The van der Waals surface area contributed by atoms with Crippen molar-refractivity contribution >= 4 is 41.5 Å². The van der Waals surface area contributed by atoms with Crippen LogP contribution in [0.3, 0.4) is 0 Å². The minimum atomic E-state index is -0.805. The summed E-state index contributed by atoms with van der Waals surface area (Å²) in [6, 6.07) is 5.37. The summed E-state index contributed by atoms with van der Waals surface area (Å²) < 4.78 is 0. The lowest BCUT2D eigenvalue weighted by Crippen LogP contribution is -2.51. The molecule has 0 saturated carbocycles. The molecule has 0 saturated heterocycles. The van der Waals surface area contributed by atoms with E-state index < -0.39 is 5.54 Å². The maximum Gasteiger partial charge on any atom is 0.239 e. The predicted molar refractivity (Wildman–Crippen MR) is 87.9 cm³/mol. The van der Waals surface area contributed by atoms with Crippen molar-refractivity contribution in [1.29, 1.82) is 0 Å². The molecule has 3 N–H and O–H groups in total. The fourth-order valence-electron chi connectivity index (χ4n) is 1.91. The molecule has 3 nitrogen and oxygen atoms in total. The molecular formula is C14H21Cl3N2O. The van der Waals surface area contributed by atoms with Crippen molar-refractivity contribution in [2.45, 2.75) is 38.6 Å². The third kappa shape index (κ3) is 6.31. The van der Waals surface area contributed by atoms with Gasteiger partial charge < -0.3 is 11.1 Å². The topological polar surface area (TPSA) is 55.1 Å². The minimum absolute atomic E-state index is 0. The third-order valence-corrected chi connectivity index (χ3v) is 3.35. The first kappa shape index (κ1) is 19.5. The number of benzene rings is 1. The van der Waals surface area contributed by atoms with Gasteiger partial charge in [-0.1, -0.05) is 36.5 Å². The van der Waals surface area contributed by atoms with E-state index in [0.29, 0.717) is 29.4 Å². The first-order valence-corrected chi connectivity index (χ1v) is 7.13. The Bertz CT molecular complexity index is 430. The summed E-state index contributed by atoms with van der Waals surface area (Å²) in [5.41, 5.74) is 6.13. The zero-order chi connectivity index (χ0) is 14.5. The van der Waals surface area contributed by atoms with Crippen molar-refractivity contribution in [3.63, 3.8) is 0 Å². The number of nitrogens with one attached hydrogen (secondary N) is 1. The highest BCUT2D eigenvalue weighted by atomic mass is 35.5. The Labute approximate surface area is 136 Å². The second kappa shape index (κ2) is 8.73. The molecule has 0 radical (unpaired) electrons. The maximum absolute atomic E-state index is 11.9. The van der Waals surface area contributed by atoms with Crippen LogP contribution in [0.4, 0.5) is 0 Å². The van der Waals surface area contributed by atoms with Gasteiger partial charge >= 0.3 is 0 Å². The molecule has 0 heterocycles. The van der Waals surface area contributed by atoms with Crippen LogP contribution >= 0.6 is 35.6 Å². The monoisotopic (exact) mass is 338 g/mol. The lowest BCUT2D eigenvalue weighted by atomic mass is 9.96. The second-order valence-corrected chi connectivity index (χ2v) is 5.82. The van der Waals surface area contributed by atoms with Gasteiger partial charge in [-0.05, 0) is 43.5 Å². The molecule has 20 heavy (non-hydrogen) atoms. The minimum Gasteiger partial charge on any atom is -0.354 e. The Morgan fingerprint density at radius 1 is 1.30 bits per heavy atom. The van der Waals surface area contributed by atoms with Gasteiger partial charge in [-0.15, -0.1) is 12.4 Å². The number of halogens is 3. The van der Waals surface area contributed by atoms with Crippen LogP contribution in [-0.4, -0.2) is 18.0 Å². The van der Waals surface area contributed by atoms with E-state index in [4.69, 9.17) is 28.9 Å². The molecule has 0 bridgehead atoms. The van der Waals surface area contributed by atoms with E-state index in [9.17, 15) is 4.79 Å². The van der Waals surface area contributed by atoms with Gasteiger partial charge in [0, 0.05) is 16.6 Å². The smallest absolute Gasteiger partial charge is 0.239 e. The van der Waals surface area contributed by atoms with Gasteiger partial charge in [-0.3, -0.25) is 4.79 Å². The maximum atomic E-state index is 11.9. The lowest BCUT2D eigenvalue weighted by molar-refractivity contribution is -0.126. The molecule has 1 amide bonds. The zero-order valence-corrected chi connectivity index (χ0v) is 14.0. The number of nitrogens with two attached hydrogens (primary N) is 1. The standard InChI is InChI=1S/C14H20Cl2N2O.ClH/c1-3-5-14(2,17)13(19)18-6-4-10-7-11(15)9-12(16)8-10;/h7-9H,3-6,17H2,1-2H3,(H,18,19);1H. The van der Waals surface area contributed by atoms with Crippen molar-refractivity contribution in [3.8, 4) is 0 Å². The Balaban J connectivity index is 0.00000361. The van der Waals surface area contributed by atoms with E-state index in [1.165, 1.54) is 0 Å². The van der Waals surface area contributed by atoms with E-state index in [1.54, 1.807) is 13.0 Å². The average molecular weight is 340 g/mol. The summed E-state index contributed by atoms with van der Waals surface area (Å²) in [7, 11) is 0. The van der Waals surface area contributed by atoms with Gasteiger partial charge in [0.25, 0.3) is 0 Å². The number of carbonyl (C=O) groups is 1. The molecule has 1 rings (SSSR count). The van der Waals surface area contributed by atoms with Gasteiger partial charge in [0.2, 0.25) is 5.91 Å². The molecule has 6 heteroatoms. The molecule has 114 valence electrons. The molecule has 1 unspecified atom stereocenters. The van der Waals surface area contributed by atoms with Crippen LogP contribution in [0.15, 0.2) is 18.2 Å². The van der Waals surface area contributed by atoms with Crippen LogP contribution in [0.25, 0.3) is 0 Å². The lowest BCUT2D eigenvalue weighted by Gasteiger charge is -2.22. The molecule has 0 fully saturated rings. The first-order chi connectivity index (χ1) is 8.85. The largest absolute Gasteiger partial charge is 0.354 e. The Morgan fingerprint density at radius 2 is 1.85 bits per heavy atom. The summed E-state index contributed by atoms with van der Waals surface area (Å²) in [4.78, 5) is 11.9. The van der Waals surface area contributed by atoms with E-state index in [-0.39, 0.29) is 18.3 Å². The molecule has 1 aromatic carbocycles. The summed E-state index contributed by atoms with van der Waals surface area (Å²) in [5, 5.41) is 4.05. The first-order valence-electron chi connectivity index (χ1n) is 6.37. The molecule has 0 aliphatic heterocycles. The van der Waals surface area contributed by atoms with Crippen molar-refractivity contribution in [2.24, 2.45) is 5.73 Å². The van der Waals surface area contributed by atoms with Gasteiger partial charge in [0.05, 0.1) is 5.54 Å². The van der Waals surface area contributed by atoms with Crippen LogP contribution in [0, 0.1) is 0 Å². The molecule has 0 aliphatic carbocycles. The van der Waals surface area contributed by atoms with Crippen molar-refractivity contribution in [2.75, 3.05) is 6.54 Å². The Hall–Kier alpha value is -0.480. The highest BCUT2D eigenvalue weighted by Gasteiger charge is 2.26. The van der Waals surface area contributed by atoms with E-state index in [2.05, 4.69) is 5.32 Å². The molecule has 1 aromatic rings. The summed E-state index contributed by atoms with van der Waals surface area (Å²) in [6.07, 6.45) is 2.22. The van der Waals surface area contributed by atoms with E-state index in [0.717, 1.165) is 12.0 Å². The van der Waals surface area contributed by atoms with Crippen molar-refractivity contribution in [3.05, 3.63) is 33.8 Å². The number of hydrogen-bond acceptors (Lipinski definition) is 2. The van der Waals surface area contributed by atoms with Gasteiger partial charge in [-0.2, -0.15) is 0 Å². The molecule has 0 spiro atoms. The molecule has 0 aliphatic rings. The van der Waals surface area contributed by atoms with E-state index >= 15 is 0 Å². The van der Waals surface area contributed by atoms with Crippen LogP contribution in [-0.2, 0) is 11.2 Å². The van der Waals surface area contributed by atoms with Crippen LogP contribution < -0.4 is 11.1 Å². The number of rotatable bonds is 6.